The molecule has 29 heavy (non-hydrogen) atoms. The number of carboxylic acid groups (broad SMARTS) is 2. The lowest BCUT2D eigenvalue weighted by Crippen LogP contribution is -2.58. The Balaban J connectivity index is 5.23. The summed E-state index contributed by atoms with van der Waals surface area (Å²) < 4.78 is 0. The molecule has 4 unspecified atom stereocenters. The van der Waals surface area contributed by atoms with Crippen molar-refractivity contribution in [3.63, 3.8) is 0 Å². The smallest absolute Gasteiger partial charge is 0.326 e. The van der Waals surface area contributed by atoms with Crippen molar-refractivity contribution < 1.29 is 39.0 Å². The molecular formula is C14H23N5O8S2. The van der Waals surface area contributed by atoms with Gasteiger partial charge in [0.2, 0.25) is 23.6 Å². The highest BCUT2D eigenvalue weighted by Crippen LogP contribution is 2.00. The molecule has 13 nitrogen and oxygen atoms in total. The SMILES string of the molecule is NC(=O)CC(NC(=O)C(CS)NC(=O)C(CC(=O)O)NC(=O)C(N)CS)C(=O)O. The van der Waals surface area contributed by atoms with Crippen LogP contribution in [0.15, 0.2) is 0 Å². The van der Waals surface area contributed by atoms with E-state index in [0.29, 0.717) is 0 Å². The van der Waals surface area contributed by atoms with E-state index in [2.05, 4.69) is 35.9 Å². The van der Waals surface area contributed by atoms with Gasteiger partial charge in [0, 0.05) is 11.5 Å². The van der Waals surface area contributed by atoms with E-state index in [-0.39, 0.29) is 11.5 Å². The molecule has 164 valence electrons. The number of hydrogen-bond acceptors (Lipinski definition) is 9. The van der Waals surface area contributed by atoms with Crippen LogP contribution in [-0.4, -0.2) is 81.5 Å². The molecule has 0 aromatic heterocycles. The summed E-state index contributed by atoms with van der Waals surface area (Å²) in [6.07, 6.45) is -1.50. The van der Waals surface area contributed by atoms with Crippen molar-refractivity contribution in [2.24, 2.45) is 11.5 Å². The number of hydrogen-bond donors (Lipinski definition) is 9. The zero-order chi connectivity index (χ0) is 22.7. The monoisotopic (exact) mass is 453 g/mol. The molecule has 9 N–H and O–H groups in total. The van der Waals surface area contributed by atoms with E-state index in [1.807, 2.05) is 5.32 Å². The van der Waals surface area contributed by atoms with Gasteiger partial charge in [-0.05, 0) is 0 Å². The molecule has 0 rings (SSSR count). The van der Waals surface area contributed by atoms with Crippen molar-refractivity contribution in [1.82, 2.24) is 16.0 Å². The average Bonchev–Trinajstić information content (AvgIpc) is 2.62. The van der Waals surface area contributed by atoms with Crippen LogP contribution in [0.4, 0.5) is 0 Å². The minimum Gasteiger partial charge on any atom is -0.481 e. The Hall–Kier alpha value is -2.52. The molecule has 0 bridgehead atoms. The van der Waals surface area contributed by atoms with Crippen LogP contribution >= 0.6 is 25.3 Å². The Kier molecular flexibility index (Phi) is 11.7. The van der Waals surface area contributed by atoms with E-state index in [0.717, 1.165) is 0 Å². The molecule has 0 heterocycles. The fraction of sp³-hybridized carbons (Fsp3) is 0.571. The molecule has 0 aromatic rings. The lowest BCUT2D eigenvalue weighted by Gasteiger charge is -2.23. The molecule has 0 fully saturated rings. The van der Waals surface area contributed by atoms with Crippen molar-refractivity contribution in [2.75, 3.05) is 11.5 Å². The summed E-state index contributed by atoms with van der Waals surface area (Å²) in [4.78, 5) is 69.3. The van der Waals surface area contributed by atoms with Crippen LogP contribution in [0, 0.1) is 0 Å². The van der Waals surface area contributed by atoms with E-state index in [4.69, 9.17) is 21.7 Å². The first-order chi connectivity index (χ1) is 13.4. The van der Waals surface area contributed by atoms with Crippen LogP contribution in [0.2, 0.25) is 0 Å². The highest BCUT2D eigenvalue weighted by atomic mass is 32.1. The minimum absolute atomic E-state index is 0.0641. The summed E-state index contributed by atoms with van der Waals surface area (Å²) in [7, 11) is 0. The molecule has 0 spiro atoms. The van der Waals surface area contributed by atoms with Gasteiger partial charge in [0.1, 0.15) is 18.1 Å². The summed E-state index contributed by atoms with van der Waals surface area (Å²) in [6, 6.07) is -5.70. The molecule has 0 saturated heterocycles. The third kappa shape index (κ3) is 10.00. The second-order valence-electron chi connectivity index (χ2n) is 5.76. The van der Waals surface area contributed by atoms with Gasteiger partial charge in [-0.3, -0.25) is 24.0 Å². The molecule has 0 aliphatic rings. The van der Waals surface area contributed by atoms with Crippen molar-refractivity contribution in [2.45, 2.75) is 37.0 Å². The first-order valence-electron chi connectivity index (χ1n) is 8.04. The van der Waals surface area contributed by atoms with Crippen LogP contribution in [0.3, 0.4) is 0 Å². The van der Waals surface area contributed by atoms with E-state index in [9.17, 15) is 28.8 Å². The van der Waals surface area contributed by atoms with E-state index in [1.165, 1.54) is 0 Å². The average molecular weight is 453 g/mol. The van der Waals surface area contributed by atoms with Gasteiger partial charge in [-0.15, -0.1) is 0 Å². The summed E-state index contributed by atoms with van der Waals surface area (Å²) >= 11 is 7.70. The standard InChI is InChI=1S/C14H23N5O8S2/c15-5(3-28)11(23)17-6(2-10(21)22)12(24)19-8(4-29)13(25)18-7(14(26)27)1-9(16)20/h5-8,28-29H,1-4,15H2,(H2,16,20)(H,17,23)(H,18,25)(H,19,24)(H,21,22)(H,26,27). The maximum Gasteiger partial charge on any atom is 0.326 e. The fourth-order valence-electron chi connectivity index (χ4n) is 1.89. The molecule has 0 aliphatic carbocycles. The lowest BCUT2D eigenvalue weighted by molar-refractivity contribution is -0.144. The number of aliphatic carboxylic acids is 2. The van der Waals surface area contributed by atoms with Crippen LogP contribution in [-0.2, 0) is 28.8 Å². The number of carbonyl (C=O) groups excluding carboxylic acids is 4. The Morgan fingerprint density at radius 1 is 0.759 bits per heavy atom. The topological polar surface area (TPSA) is 231 Å². The maximum absolute atomic E-state index is 12.3. The first-order valence-corrected chi connectivity index (χ1v) is 9.30. The van der Waals surface area contributed by atoms with Crippen molar-refractivity contribution in [1.29, 1.82) is 0 Å². The van der Waals surface area contributed by atoms with Crippen LogP contribution in [0.5, 0.6) is 0 Å². The lowest BCUT2D eigenvalue weighted by atomic mass is 10.1. The molecule has 4 atom stereocenters. The van der Waals surface area contributed by atoms with Crippen molar-refractivity contribution >= 4 is 60.8 Å². The largest absolute Gasteiger partial charge is 0.481 e. The zero-order valence-electron chi connectivity index (χ0n) is 15.0. The maximum atomic E-state index is 12.3. The second-order valence-corrected chi connectivity index (χ2v) is 6.49. The Labute approximate surface area is 176 Å². The zero-order valence-corrected chi connectivity index (χ0v) is 16.8. The summed E-state index contributed by atoms with van der Waals surface area (Å²) in [5.74, 6) is -7.16. The molecule has 0 saturated carbocycles. The number of carboxylic acids is 2. The molecule has 0 aromatic carbocycles. The first kappa shape index (κ1) is 26.5. The van der Waals surface area contributed by atoms with Gasteiger partial charge in [0.25, 0.3) is 0 Å². The van der Waals surface area contributed by atoms with Gasteiger partial charge in [-0.25, -0.2) is 4.79 Å². The quantitative estimate of drug-likeness (QED) is 0.124. The van der Waals surface area contributed by atoms with Gasteiger partial charge < -0.3 is 37.6 Å². The van der Waals surface area contributed by atoms with Crippen molar-refractivity contribution in [3.8, 4) is 0 Å². The van der Waals surface area contributed by atoms with Crippen LogP contribution < -0.4 is 27.4 Å². The third-order valence-corrected chi connectivity index (χ3v) is 4.14. The molecule has 0 radical (unpaired) electrons. The number of thiol groups is 2. The van der Waals surface area contributed by atoms with Crippen LogP contribution in [0.1, 0.15) is 12.8 Å². The number of nitrogens with one attached hydrogen (secondary N) is 3. The molecule has 0 aliphatic heterocycles. The number of amides is 4. The van der Waals surface area contributed by atoms with E-state index < -0.39 is 72.6 Å². The molecular weight excluding hydrogens is 430 g/mol. The Bertz CT molecular complexity index is 662. The van der Waals surface area contributed by atoms with Crippen molar-refractivity contribution in [3.05, 3.63) is 0 Å². The summed E-state index contributed by atoms with van der Waals surface area (Å²) in [6.45, 7) is 0. The minimum atomic E-state index is -1.64. The van der Waals surface area contributed by atoms with Gasteiger partial charge in [-0.2, -0.15) is 25.3 Å². The number of rotatable bonds is 13. The Morgan fingerprint density at radius 2 is 1.24 bits per heavy atom. The van der Waals surface area contributed by atoms with Gasteiger partial charge in [-0.1, -0.05) is 0 Å². The molecule has 15 heteroatoms. The molecule has 4 amide bonds. The van der Waals surface area contributed by atoms with E-state index >= 15 is 0 Å². The second kappa shape index (κ2) is 12.8. The number of carbonyl (C=O) groups is 6. The predicted octanol–water partition coefficient (Wildman–Crippen LogP) is -3.94. The van der Waals surface area contributed by atoms with E-state index in [1.54, 1.807) is 0 Å². The highest BCUT2D eigenvalue weighted by molar-refractivity contribution is 7.80. The van der Waals surface area contributed by atoms with Gasteiger partial charge in [0.15, 0.2) is 0 Å². The van der Waals surface area contributed by atoms with Gasteiger partial charge in [0.05, 0.1) is 18.9 Å². The summed E-state index contributed by atoms with van der Waals surface area (Å²) in [5, 5.41) is 24.2. The van der Waals surface area contributed by atoms with Gasteiger partial charge >= 0.3 is 11.9 Å². The third-order valence-electron chi connectivity index (χ3n) is 3.38. The van der Waals surface area contributed by atoms with Crippen LogP contribution in [0.25, 0.3) is 0 Å². The highest BCUT2D eigenvalue weighted by Gasteiger charge is 2.31. The normalized spacial score (nSPS) is 14.6. The summed E-state index contributed by atoms with van der Waals surface area (Å²) in [5.41, 5.74) is 10.4. The fourth-order valence-corrected chi connectivity index (χ4v) is 2.31. The number of nitrogens with two attached hydrogens (primary N) is 2. The Morgan fingerprint density at radius 3 is 1.66 bits per heavy atom. The number of primary amides is 1. The predicted molar refractivity (Wildman–Crippen MR) is 105 cm³/mol.